The molecule has 0 saturated carbocycles. The molecule has 0 aromatic carbocycles. The summed E-state index contributed by atoms with van der Waals surface area (Å²) in [5, 5.41) is 7.96. The van der Waals surface area contributed by atoms with Crippen LogP contribution in [0.25, 0.3) is 0 Å². The number of amides is 2. The number of aromatic nitrogens is 2. The Balaban J connectivity index is 2.97. The van der Waals surface area contributed by atoms with Gasteiger partial charge in [0.2, 0.25) is 6.41 Å². The molecule has 9 heteroatoms. The minimum Gasteiger partial charge on any atom is -0.357 e. The maximum absolute atomic E-state index is 12.9. The van der Waals surface area contributed by atoms with E-state index in [0.717, 1.165) is 10.9 Å². The van der Waals surface area contributed by atoms with Crippen molar-refractivity contribution >= 4 is 12.3 Å². The molecule has 0 saturated heterocycles. The Hall–Kier alpha value is -2.32. The second kappa shape index (κ2) is 6.91. The van der Waals surface area contributed by atoms with Gasteiger partial charge in [-0.1, -0.05) is 6.08 Å². The normalized spacial score (nSPS) is 12.6. The van der Waals surface area contributed by atoms with Gasteiger partial charge in [-0.15, -0.1) is 6.58 Å². The summed E-state index contributed by atoms with van der Waals surface area (Å²) >= 11 is 0. The van der Waals surface area contributed by atoms with Crippen molar-refractivity contribution < 1.29 is 22.8 Å². The Morgan fingerprint density at radius 1 is 1.52 bits per heavy atom. The van der Waals surface area contributed by atoms with Crippen molar-refractivity contribution in [2.75, 3.05) is 13.1 Å². The molecule has 21 heavy (non-hydrogen) atoms. The largest absolute Gasteiger partial charge is 0.435 e. The summed E-state index contributed by atoms with van der Waals surface area (Å²) in [6.07, 6.45) is -1.88. The van der Waals surface area contributed by atoms with E-state index in [9.17, 15) is 22.8 Å². The summed E-state index contributed by atoms with van der Waals surface area (Å²) in [6, 6.07) is -0.482. The first-order valence-corrected chi connectivity index (χ1v) is 6.05. The maximum Gasteiger partial charge on any atom is 0.435 e. The molecule has 0 aliphatic rings. The first kappa shape index (κ1) is 16.7. The highest BCUT2D eigenvalue weighted by Crippen LogP contribution is 2.31. The number of carbonyl (C=O) groups is 2. The van der Waals surface area contributed by atoms with Crippen LogP contribution in [0.2, 0.25) is 0 Å². The first-order chi connectivity index (χ1) is 9.81. The first-order valence-electron chi connectivity index (χ1n) is 6.05. The number of allylic oxidation sites excluding steroid dienone is 1. The number of hydrogen-bond acceptors (Lipinski definition) is 3. The molecule has 2 N–H and O–H groups in total. The lowest BCUT2D eigenvalue weighted by molar-refractivity contribution is -0.141. The lowest BCUT2D eigenvalue weighted by Crippen LogP contribution is -2.32. The minimum atomic E-state index is -4.74. The fourth-order valence-corrected chi connectivity index (χ4v) is 1.49. The van der Waals surface area contributed by atoms with E-state index in [1.54, 1.807) is 6.92 Å². The molecule has 1 aromatic heterocycles. The Kier molecular flexibility index (Phi) is 5.51. The predicted octanol–water partition coefficient (Wildman–Crippen LogP) is 1.12. The van der Waals surface area contributed by atoms with E-state index in [2.05, 4.69) is 22.3 Å². The second-order valence-corrected chi connectivity index (χ2v) is 4.17. The van der Waals surface area contributed by atoms with Crippen molar-refractivity contribution in [2.24, 2.45) is 0 Å². The van der Waals surface area contributed by atoms with Crippen molar-refractivity contribution in [1.82, 2.24) is 20.4 Å². The highest BCUT2D eigenvalue weighted by atomic mass is 19.4. The van der Waals surface area contributed by atoms with E-state index in [-0.39, 0.29) is 13.1 Å². The molecule has 2 amide bonds. The monoisotopic (exact) mass is 304 g/mol. The van der Waals surface area contributed by atoms with Crippen LogP contribution >= 0.6 is 0 Å². The fourth-order valence-electron chi connectivity index (χ4n) is 1.49. The second-order valence-electron chi connectivity index (χ2n) is 4.17. The molecule has 1 atom stereocenters. The summed E-state index contributed by atoms with van der Waals surface area (Å²) in [7, 11) is 0. The number of nitrogens with zero attached hydrogens (tertiary/aromatic N) is 2. The van der Waals surface area contributed by atoms with E-state index in [0.29, 0.717) is 6.41 Å². The van der Waals surface area contributed by atoms with E-state index in [1.165, 1.54) is 6.08 Å². The van der Waals surface area contributed by atoms with E-state index < -0.39 is 29.4 Å². The standard InChI is InChI=1S/C12H15F3N4O2/c1-3-8(2)19-6-9(10(18-19)12(13,14)15)11(21)17-5-4-16-7-20/h3,6-8H,1,4-5H2,2H3,(H,16,20)(H,17,21). The topological polar surface area (TPSA) is 76.0 Å². The van der Waals surface area contributed by atoms with Crippen LogP contribution in [0, 0.1) is 0 Å². The average Bonchev–Trinajstić information content (AvgIpc) is 2.87. The molecule has 1 unspecified atom stereocenters. The molecule has 1 rings (SSSR count). The minimum absolute atomic E-state index is 0.0110. The van der Waals surface area contributed by atoms with Crippen molar-refractivity contribution in [3.63, 3.8) is 0 Å². The Bertz CT molecular complexity index is 525. The van der Waals surface area contributed by atoms with Crippen LogP contribution < -0.4 is 10.6 Å². The number of carbonyl (C=O) groups excluding carboxylic acids is 2. The SMILES string of the molecule is C=CC(C)n1cc(C(=O)NCCNC=O)c(C(F)(F)F)n1. The van der Waals surface area contributed by atoms with Gasteiger partial charge in [-0.3, -0.25) is 14.3 Å². The van der Waals surface area contributed by atoms with Crippen molar-refractivity contribution in [1.29, 1.82) is 0 Å². The van der Waals surface area contributed by atoms with Gasteiger partial charge in [0.15, 0.2) is 5.69 Å². The third kappa shape index (κ3) is 4.33. The molecule has 1 aromatic rings. The highest BCUT2D eigenvalue weighted by Gasteiger charge is 2.39. The van der Waals surface area contributed by atoms with Gasteiger partial charge in [0.05, 0.1) is 11.6 Å². The molecule has 0 radical (unpaired) electrons. The Labute approximate surface area is 119 Å². The van der Waals surface area contributed by atoms with Crippen LogP contribution in [0.5, 0.6) is 0 Å². The van der Waals surface area contributed by atoms with Gasteiger partial charge in [0.1, 0.15) is 0 Å². The summed E-state index contributed by atoms with van der Waals surface area (Å²) in [5.41, 5.74) is -1.82. The molecule has 6 nitrogen and oxygen atoms in total. The molecule has 0 spiro atoms. The zero-order valence-corrected chi connectivity index (χ0v) is 11.3. The van der Waals surface area contributed by atoms with Crippen LogP contribution in [-0.4, -0.2) is 35.2 Å². The summed E-state index contributed by atoms with van der Waals surface area (Å²) in [4.78, 5) is 21.8. The van der Waals surface area contributed by atoms with E-state index in [4.69, 9.17) is 0 Å². The van der Waals surface area contributed by atoms with Crippen LogP contribution in [0.4, 0.5) is 13.2 Å². The van der Waals surface area contributed by atoms with E-state index >= 15 is 0 Å². The molecular weight excluding hydrogens is 289 g/mol. The summed E-state index contributed by atoms with van der Waals surface area (Å²) in [6.45, 7) is 5.19. The van der Waals surface area contributed by atoms with Crippen molar-refractivity contribution in [3.8, 4) is 0 Å². The van der Waals surface area contributed by atoms with Gasteiger partial charge < -0.3 is 10.6 Å². The summed E-state index contributed by atoms with van der Waals surface area (Å²) in [5.74, 6) is -0.905. The van der Waals surface area contributed by atoms with Crippen LogP contribution in [0.1, 0.15) is 29.0 Å². The smallest absolute Gasteiger partial charge is 0.357 e. The van der Waals surface area contributed by atoms with Gasteiger partial charge in [0.25, 0.3) is 5.91 Å². The third-order valence-electron chi connectivity index (χ3n) is 2.64. The van der Waals surface area contributed by atoms with E-state index in [1.807, 2.05) is 0 Å². The van der Waals surface area contributed by atoms with Crippen LogP contribution in [-0.2, 0) is 11.0 Å². The molecule has 1 heterocycles. The summed E-state index contributed by atoms with van der Waals surface area (Å²) < 4.78 is 39.7. The number of nitrogens with one attached hydrogen (secondary N) is 2. The highest BCUT2D eigenvalue weighted by molar-refractivity contribution is 5.95. The predicted molar refractivity (Wildman–Crippen MR) is 68.5 cm³/mol. The third-order valence-corrected chi connectivity index (χ3v) is 2.64. The zero-order chi connectivity index (χ0) is 16.0. The molecule has 116 valence electrons. The van der Waals surface area contributed by atoms with Gasteiger partial charge in [-0.25, -0.2) is 0 Å². The molecule has 0 bridgehead atoms. The Morgan fingerprint density at radius 2 is 2.19 bits per heavy atom. The quantitative estimate of drug-likeness (QED) is 0.450. The van der Waals surface area contributed by atoms with Crippen LogP contribution in [0.15, 0.2) is 18.9 Å². The maximum atomic E-state index is 12.9. The number of rotatable bonds is 7. The zero-order valence-electron chi connectivity index (χ0n) is 11.3. The number of alkyl halides is 3. The van der Waals surface area contributed by atoms with Crippen molar-refractivity contribution in [2.45, 2.75) is 19.1 Å². The van der Waals surface area contributed by atoms with Crippen molar-refractivity contribution in [3.05, 3.63) is 30.1 Å². The van der Waals surface area contributed by atoms with Gasteiger partial charge >= 0.3 is 6.18 Å². The fraction of sp³-hybridized carbons (Fsp3) is 0.417. The Morgan fingerprint density at radius 3 is 2.71 bits per heavy atom. The number of hydrogen-bond donors (Lipinski definition) is 2. The molecule has 0 aliphatic carbocycles. The average molecular weight is 304 g/mol. The lowest BCUT2D eigenvalue weighted by Gasteiger charge is -2.07. The van der Waals surface area contributed by atoms with Crippen LogP contribution in [0.3, 0.4) is 0 Å². The number of halogens is 3. The van der Waals surface area contributed by atoms with Gasteiger partial charge in [-0.2, -0.15) is 18.3 Å². The molecular formula is C12H15F3N4O2. The molecule has 0 fully saturated rings. The lowest BCUT2D eigenvalue weighted by atomic mass is 10.2. The molecule has 0 aliphatic heterocycles. The van der Waals surface area contributed by atoms with Gasteiger partial charge in [-0.05, 0) is 6.92 Å². The van der Waals surface area contributed by atoms with Gasteiger partial charge in [0, 0.05) is 19.3 Å².